The lowest BCUT2D eigenvalue weighted by Gasteiger charge is -2.34. The van der Waals surface area contributed by atoms with E-state index >= 15 is 0 Å². The van der Waals surface area contributed by atoms with Gasteiger partial charge in [-0.2, -0.15) is 0 Å². The summed E-state index contributed by atoms with van der Waals surface area (Å²) in [6.45, 7) is 4.66. The maximum atomic E-state index is 12.8. The van der Waals surface area contributed by atoms with Crippen molar-refractivity contribution in [3.8, 4) is 11.5 Å². The third kappa shape index (κ3) is 5.34. The molecule has 1 saturated heterocycles. The number of methoxy groups -OCH3 is 2. The van der Waals surface area contributed by atoms with E-state index in [4.69, 9.17) is 21.1 Å². The molecule has 156 valence electrons. The molecule has 0 aromatic heterocycles. The van der Waals surface area contributed by atoms with Crippen LogP contribution in [0.4, 0.5) is 5.69 Å². The van der Waals surface area contributed by atoms with Crippen LogP contribution in [-0.2, 0) is 11.3 Å². The molecule has 1 aliphatic rings. The highest BCUT2D eigenvalue weighted by Crippen LogP contribution is 2.31. The highest BCUT2D eigenvalue weighted by Gasteiger charge is 2.24. The fourth-order valence-corrected chi connectivity index (χ4v) is 3.89. The van der Waals surface area contributed by atoms with Gasteiger partial charge in [0.05, 0.1) is 40.4 Å². The molecule has 1 amide bonds. The molecule has 0 saturated carbocycles. The number of piperazine rings is 1. The number of para-hydroxylation sites is 1. The Labute approximate surface area is 177 Å². The monoisotopic (exact) mass is 418 g/mol. The van der Waals surface area contributed by atoms with Crippen molar-refractivity contribution in [3.63, 3.8) is 0 Å². The van der Waals surface area contributed by atoms with Crippen LogP contribution in [-0.4, -0.2) is 64.8 Å². The summed E-state index contributed by atoms with van der Waals surface area (Å²) in [5.74, 6) is 1.48. The lowest BCUT2D eigenvalue weighted by atomic mass is 10.1. The number of benzene rings is 2. The first kappa shape index (κ1) is 21.3. The van der Waals surface area contributed by atoms with Crippen LogP contribution < -0.4 is 19.3 Å². The molecule has 0 radical (unpaired) electrons. The Morgan fingerprint density at radius 1 is 1.14 bits per heavy atom. The number of carbonyl (C=O) groups is 1. The summed E-state index contributed by atoms with van der Waals surface area (Å²) in [5.41, 5.74) is 2.08. The van der Waals surface area contributed by atoms with Crippen molar-refractivity contribution in [3.05, 3.63) is 53.1 Å². The van der Waals surface area contributed by atoms with Crippen LogP contribution in [0, 0.1) is 0 Å². The average molecular weight is 419 g/mol. The Morgan fingerprint density at radius 2 is 1.86 bits per heavy atom. The van der Waals surface area contributed by atoms with Crippen LogP contribution >= 0.6 is 11.6 Å². The van der Waals surface area contributed by atoms with E-state index in [-0.39, 0.29) is 5.91 Å². The van der Waals surface area contributed by atoms with Crippen LogP contribution in [0.1, 0.15) is 5.56 Å². The van der Waals surface area contributed by atoms with Crippen LogP contribution in [0.5, 0.6) is 11.5 Å². The molecule has 29 heavy (non-hydrogen) atoms. The number of amides is 1. The third-order valence-electron chi connectivity index (χ3n) is 5.36. The minimum absolute atomic E-state index is 0.126. The van der Waals surface area contributed by atoms with Crippen molar-refractivity contribution in [2.75, 3.05) is 58.9 Å². The van der Waals surface area contributed by atoms with E-state index in [1.165, 1.54) is 4.90 Å². The zero-order chi connectivity index (χ0) is 20.8. The fraction of sp³-hybridized carbons (Fsp3) is 0.409. The first-order valence-electron chi connectivity index (χ1n) is 9.79. The predicted molar refractivity (Wildman–Crippen MR) is 115 cm³/mol. The maximum Gasteiger partial charge on any atom is 0.277 e. The van der Waals surface area contributed by atoms with Gasteiger partial charge in [-0.3, -0.25) is 4.79 Å². The van der Waals surface area contributed by atoms with E-state index in [0.29, 0.717) is 24.6 Å². The van der Waals surface area contributed by atoms with Crippen LogP contribution in [0.15, 0.2) is 42.5 Å². The number of nitrogens with one attached hydrogen (secondary N) is 1. The lowest BCUT2D eigenvalue weighted by molar-refractivity contribution is -0.892. The molecule has 1 heterocycles. The molecule has 1 fully saturated rings. The number of hydrogen-bond donors (Lipinski definition) is 1. The molecule has 2 aromatic rings. The van der Waals surface area contributed by atoms with Crippen LogP contribution in [0.2, 0.25) is 5.02 Å². The summed E-state index contributed by atoms with van der Waals surface area (Å²) in [7, 11) is 5.07. The first-order valence-corrected chi connectivity index (χ1v) is 10.2. The van der Waals surface area contributed by atoms with E-state index in [2.05, 4.69) is 11.0 Å². The fourth-order valence-electron chi connectivity index (χ4n) is 3.70. The number of hydrogen-bond acceptors (Lipinski definition) is 4. The molecule has 3 rings (SSSR count). The van der Waals surface area contributed by atoms with Gasteiger partial charge in [-0.15, -0.1) is 0 Å². The second-order valence-corrected chi connectivity index (χ2v) is 7.73. The molecule has 2 aromatic carbocycles. The van der Waals surface area contributed by atoms with Crippen molar-refractivity contribution in [1.82, 2.24) is 4.90 Å². The summed E-state index contributed by atoms with van der Waals surface area (Å²) in [5, 5.41) is 0.752. The van der Waals surface area contributed by atoms with Crippen molar-refractivity contribution in [2.45, 2.75) is 6.54 Å². The summed E-state index contributed by atoms with van der Waals surface area (Å²) in [6.07, 6.45) is 0. The number of anilines is 1. The van der Waals surface area contributed by atoms with Gasteiger partial charge in [-0.25, -0.2) is 0 Å². The largest absolute Gasteiger partial charge is 0.493 e. The SMILES string of the molecule is COc1cccc(CN(C)C(=O)C[NH+]2CCN(c3cccc(Cl)c3)CC2)c1OC. The van der Waals surface area contributed by atoms with E-state index in [0.717, 1.165) is 42.5 Å². The minimum atomic E-state index is 0.126. The number of quaternary nitrogens is 1. The Kier molecular flexibility index (Phi) is 7.23. The second-order valence-electron chi connectivity index (χ2n) is 7.30. The summed E-state index contributed by atoms with van der Waals surface area (Å²) < 4.78 is 10.8. The smallest absolute Gasteiger partial charge is 0.277 e. The molecule has 0 unspecified atom stereocenters. The molecular formula is C22H29ClN3O3+. The van der Waals surface area contributed by atoms with Gasteiger partial charge in [0.15, 0.2) is 18.0 Å². The quantitative estimate of drug-likeness (QED) is 0.743. The molecule has 0 aliphatic carbocycles. The molecular weight excluding hydrogens is 390 g/mol. The van der Waals surface area contributed by atoms with Gasteiger partial charge in [0, 0.05) is 29.9 Å². The second kappa shape index (κ2) is 9.85. The highest BCUT2D eigenvalue weighted by atomic mass is 35.5. The average Bonchev–Trinajstić information content (AvgIpc) is 2.74. The summed E-state index contributed by atoms with van der Waals surface area (Å²) in [6, 6.07) is 13.7. The van der Waals surface area contributed by atoms with Crippen LogP contribution in [0.25, 0.3) is 0 Å². The molecule has 0 spiro atoms. The Balaban J connectivity index is 1.53. The Morgan fingerprint density at radius 3 is 2.52 bits per heavy atom. The number of ether oxygens (including phenoxy) is 2. The lowest BCUT2D eigenvalue weighted by Crippen LogP contribution is -3.15. The molecule has 1 aliphatic heterocycles. The number of halogens is 1. The zero-order valence-corrected chi connectivity index (χ0v) is 18.0. The van der Waals surface area contributed by atoms with Crippen molar-refractivity contribution in [2.24, 2.45) is 0 Å². The first-order chi connectivity index (χ1) is 14.0. The van der Waals surface area contributed by atoms with E-state index in [9.17, 15) is 4.79 Å². The minimum Gasteiger partial charge on any atom is -0.493 e. The van der Waals surface area contributed by atoms with E-state index in [1.807, 2.05) is 43.4 Å². The van der Waals surface area contributed by atoms with Gasteiger partial charge in [0.1, 0.15) is 0 Å². The van der Waals surface area contributed by atoms with Gasteiger partial charge in [0.2, 0.25) is 0 Å². The molecule has 7 heteroatoms. The number of likely N-dealkylation sites (N-methyl/N-ethyl adjacent to an activating group) is 1. The van der Waals surface area contributed by atoms with Gasteiger partial charge >= 0.3 is 0 Å². The highest BCUT2D eigenvalue weighted by molar-refractivity contribution is 6.30. The van der Waals surface area contributed by atoms with Gasteiger partial charge in [-0.05, 0) is 24.3 Å². The van der Waals surface area contributed by atoms with Crippen molar-refractivity contribution in [1.29, 1.82) is 0 Å². The van der Waals surface area contributed by atoms with Crippen molar-refractivity contribution >= 4 is 23.2 Å². The zero-order valence-electron chi connectivity index (χ0n) is 17.3. The van der Waals surface area contributed by atoms with E-state index in [1.54, 1.807) is 19.1 Å². The van der Waals surface area contributed by atoms with E-state index < -0.39 is 0 Å². The van der Waals surface area contributed by atoms with Gasteiger partial charge in [0.25, 0.3) is 5.91 Å². The third-order valence-corrected chi connectivity index (χ3v) is 5.60. The van der Waals surface area contributed by atoms with Gasteiger partial charge in [-0.1, -0.05) is 29.8 Å². The predicted octanol–water partition coefficient (Wildman–Crippen LogP) is 1.72. The molecule has 0 bridgehead atoms. The molecule has 0 atom stereocenters. The molecule has 1 N–H and O–H groups in total. The topological polar surface area (TPSA) is 46.5 Å². The summed E-state index contributed by atoms with van der Waals surface area (Å²) >= 11 is 6.10. The standard InChI is InChI=1S/C22H28ClN3O3/c1-24(15-17-6-4-9-20(28-2)22(17)29-3)21(27)16-25-10-12-26(13-11-25)19-8-5-7-18(23)14-19/h4-9,14H,10-13,15-16H2,1-3H3/p+1. The number of nitrogens with zero attached hydrogens (tertiary/aromatic N) is 2. The van der Waals surface area contributed by atoms with Gasteiger partial charge < -0.3 is 24.2 Å². The van der Waals surface area contributed by atoms with Crippen molar-refractivity contribution < 1.29 is 19.2 Å². The molecule has 6 nitrogen and oxygen atoms in total. The Hall–Kier alpha value is -2.44. The maximum absolute atomic E-state index is 12.8. The number of carbonyl (C=O) groups excluding carboxylic acids is 1. The van der Waals surface area contributed by atoms with Crippen LogP contribution in [0.3, 0.4) is 0 Å². The normalized spacial score (nSPS) is 14.6. The number of rotatable bonds is 7. The Bertz CT molecular complexity index is 838. The summed E-state index contributed by atoms with van der Waals surface area (Å²) in [4.78, 5) is 18.2.